The summed E-state index contributed by atoms with van der Waals surface area (Å²) in [6.45, 7) is 3.27. The van der Waals surface area contributed by atoms with E-state index in [0.717, 1.165) is 12.4 Å². The van der Waals surface area contributed by atoms with Gasteiger partial charge < -0.3 is 15.1 Å². The minimum atomic E-state index is -0.0899. The molecule has 1 aromatic heterocycles. The van der Waals surface area contributed by atoms with Gasteiger partial charge >= 0.3 is 0 Å². The molecule has 0 radical (unpaired) electrons. The molecule has 0 aliphatic rings. The molecule has 23 heavy (non-hydrogen) atoms. The summed E-state index contributed by atoms with van der Waals surface area (Å²) in [4.78, 5) is 20.3. The van der Waals surface area contributed by atoms with E-state index in [9.17, 15) is 4.79 Å². The van der Waals surface area contributed by atoms with Crippen molar-refractivity contribution in [2.45, 2.75) is 13.5 Å². The van der Waals surface area contributed by atoms with E-state index in [1.807, 2.05) is 34.1 Å². The summed E-state index contributed by atoms with van der Waals surface area (Å²) in [6, 6.07) is 12.1. The number of carbonyl (C=O) groups excluding carboxylic acids is 1. The van der Waals surface area contributed by atoms with Crippen LogP contribution in [0.4, 0.5) is 11.5 Å². The fourth-order valence-electron chi connectivity index (χ4n) is 2.30. The van der Waals surface area contributed by atoms with Gasteiger partial charge in [-0.25, -0.2) is 4.98 Å². The first-order valence-electron chi connectivity index (χ1n) is 7.73. The molecular formula is C18H24N4O. The van der Waals surface area contributed by atoms with Crippen molar-refractivity contribution in [1.82, 2.24) is 10.3 Å². The molecule has 0 aliphatic carbocycles. The SMILES string of the molecule is CCNC(=O)c1ccc(N(C)Cc2cccc(N(C)C)c2)nc1. The van der Waals surface area contributed by atoms with Crippen molar-refractivity contribution in [2.24, 2.45) is 0 Å². The molecule has 0 fully saturated rings. The highest BCUT2D eigenvalue weighted by molar-refractivity contribution is 5.93. The number of anilines is 2. The smallest absolute Gasteiger partial charge is 0.252 e. The van der Waals surface area contributed by atoms with Gasteiger partial charge in [-0.05, 0) is 36.8 Å². The second-order valence-corrected chi connectivity index (χ2v) is 5.68. The van der Waals surface area contributed by atoms with Crippen LogP contribution in [-0.2, 0) is 6.54 Å². The molecule has 0 saturated heterocycles. The molecule has 5 nitrogen and oxygen atoms in total. The molecule has 0 bridgehead atoms. The van der Waals surface area contributed by atoms with Gasteiger partial charge in [-0.3, -0.25) is 4.79 Å². The molecule has 1 amide bonds. The van der Waals surface area contributed by atoms with Gasteiger partial charge in [-0.1, -0.05) is 12.1 Å². The highest BCUT2D eigenvalue weighted by Crippen LogP contribution is 2.17. The van der Waals surface area contributed by atoms with Gasteiger partial charge in [0.1, 0.15) is 5.82 Å². The molecule has 5 heteroatoms. The topological polar surface area (TPSA) is 48.5 Å². The predicted molar refractivity (Wildman–Crippen MR) is 95.1 cm³/mol. The Bertz CT molecular complexity index is 652. The van der Waals surface area contributed by atoms with Crippen LogP contribution < -0.4 is 15.1 Å². The standard InChI is InChI=1S/C18H24N4O/c1-5-19-18(23)15-9-10-17(20-12-15)22(4)13-14-7-6-8-16(11-14)21(2)3/h6-12H,5,13H2,1-4H3,(H,19,23). The van der Waals surface area contributed by atoms with Crippen molar-refractivity contribution in [3.8, 4) is 0 Å². The molecule has 0 unspecified atom stereocenters. The molecule has 2 rings (SSSR count). The van der Waals surface area contributed by atoms with E-state index in [1.165, 1.54) is 11.3 Å². The summed E-state index contributed by atoms with van der Waals surface area (Å²) in [5, 5.41) is 2.77. The molecule has 2 aromatic rings. The number of pyridine rings is 1. The third-order valence-corrected chi connectivity index (χ3v) is 3.59. The normalized spacial score (nSPS) is 10.3. The predicted octanol–water partition coefficient (Wildman–Crippen LogP) is 2.53. The van der Waals surface area contributed by atoms with Crippen LogP contribution in [0.1, 0.15) is 22.8 Å². The van der Waals surface area contributed by atoms with Crippen molar-refractivity contribution >= 4 is 17.4 Å². The van der Waals surface area contributed by atoms with Crippen LogP contribution >= 0.6 is 0 Å². The van der Waals surface area contributed by atoms with E-state index in [0.29, 0.717) is 12.1 Å². The average molecular weight is 312 g/mol. The average Bonchev–Trinajstić information content (AvgIpc) is 2.55. The largest absolute Gasteiger partial charge is 0.378 e. The third-order valence-electron chi connectivity index (χ3n) is 3.59. The van der Waals surface area contributed by atoms with E-state index < -0.39 is 0 Å². The number of amides is 1. The monoisotopic (exact) mass is 312 g/mol. The van der Waals surface area contributed by atoms with Crippen LogP contribution in [-0.4, -0.2) is 38.6 Å². The Balaban J connectivity index is 2.07. The number of hydrogen-bond donors (Lipinski definition) is 1. The number of benzene rings is 1. The number of nitrogens with zero attached hydrogens (tertiary/aromatic N) is 3. The Morgan fingerprint density at radius 2 is 1.96 bits per heavy atom. The first-order chi connectivity index (χ1) is 11.0. The summed E-state index contributed by atoms with van der Waals surface area (Å²) in [7, 11) is 6.06. The molecule has 0 atom stereocenters. The summed E-state index contributed by atoms with van der Waals surface area (Å²) in [5.74, 6) is 0.751. The molecule has 1 aromatic carbocycles. The first-order valence-corrected chi connectivity index (χ1v) is 7.73. The van der Waals surface area contributed by atoms with Gasteiger partial charge in [0, 0.05) is 46.1 Å². The van der Waals surface area contributed by atoms with E-state index in [1.54, 1.807) is 12.3 Å². The Morgan fingerprint density at radius 1 is 1.17 bits per heavy atom. The molecule has 0 aliphatic heterocycles. The van der Waals surface area contributed by atoms with Gasteiger partial charge in [0.15, 0.2) is 0 Å². The Labute approximate surface area is 137 Å². The Hall–Kier alpha value is -2.56. The van der Waals surface area contributed by atoms with Crippen LogP contribution in [0.25, 0.3) is 0 Å². The number of rotatable bonds is 6. The van der Waals surface area contributed by atoms with Crippen LogP contribution in [0.2, 0.25) is 0 Å². The molecule has 1 N–H and O–H groups in total. The Morgan fingerprint density at radius 3 is 2.57 bits per heavy atom. The lowest BCUT2D eigenvalue weighted by Crippen LogP contribution is -2.23. The lowest BCUT2D eigenvalue weighted by molar-refractivity contribution is 0.0955. The number of nitrogens with one attached hydrogen (secondary N) is 1. The third kappa shape index (κ3) is 4.45. The van der Waals surface area contributed by atoms with Gasteiger partial charge in [0.2, 0.25) is 0 Å². The summed E-state index contributed by atoms with van der Waals surface area (Å²) in [5.41, 5.74) is 2.97. The highest BCUT2D eigenvalue weighted by Gasteiger charge is 2.08. The van der Waals surface area contributed by atoms with Crippen LogP contribution in [0.15, 0.2) is 42.6 Å². The number of hydrogen-bond acceptors (Lipinski definition) is 4. The summed E-state index contributed by atoms with van der Waals surface area (Å²) < 4.78 is 0. The second-order valence-electron chi connectivity index (χ2n) is 5.68. The maximum Gasteiger partial charge on any atom is 0.252 e. The van der Waals surface area contributed by atoms with E-state index in [2.05, 4.69) is 44.4 Å². The quantitative estimate of drug-likeness (QED) is 0.890. The fourth-order valence-corrected chi connectivity index (χ4v) is 2.30. The fraction of sp³-hybridized carbons (Fsp3) is 0.333. The van der Waals surface area contributed by atoms with Gasteiger partial charge in [-0.2, -0.15) is 0 Å². The number of aromatic nitrogens is 1. The van der Waals surface area contributed by atoms with Gasteiger partial charge in [-0.15, -0.1) is 0 Å². The summed E-state index contributed by atoms with van der Waals surface area (Å²) >= 11 is 0. The highest BCUT2D eigenvalue weighted by atomic mass is 16.1. The lowest BCUT2D eigenvalue weighted by Gasteiger charge is -2.20. The molecular weight excluding hydrogens is 288 g/mol. The van der Waals surface area contributed by atoms with Crippen molar-refractivity contribution in [3.05, 3.63) is 53.7 Å². The van der Waals surface area contributed by atoms with Crippen molar-refractivity contribution in [3.63, 3.8) is 0 Å². The van der Waals surface area contributed by atoms with Crippen LogP contribution in [0.3, 0.4) is 0 Å². The number of carbonyl (C=O) groups is 1. The van der Waals surface area contributed by atoms with Gasteiger partial charge in [0.05, 0.1) is 5.56 Å². The molecule has 0 spiro atoms. The minimum Gasteiger partial charge on any atom is -0.378 e. The Kier molecular flexibility index (Phi) is 5.57. The summed E-state index contributed by atoms with van der Waals surface area (Å²) in [6.07, 6.45) is 1.62. The molecule has 1 heterocycles. The van der Waals surface area contributed by atoms with Crippen LogP contribution in [0, 0.1) is 0 Å². The van der Waals surface area contributed by atoms with Crippen molar-refractivity contribution in [2.75, 3.05) is 37.5 Å². The van der Waals surface area contributed by atoms with Gasteiger partial charge in [0.25, 0.3) is 5.91 Å². The molecule has 0 saturated carbocycles. The zero-order chi connectivity index (χ0) is 16.8. The maximum absolute atomic E-state index is 11.7. The van der Waals surface area contributed by atoms with Crippen LogP contribution in [0.5, 0.6) is 0 Å². The van der Waals surface area contributed by atoms with E-state index >= 15 is 0 Å². The van der Waals surface area contributed by atoms with Crippen molar-refractivity contribution < 1.29 is 4.79 Å². The second kappa shape index (κ2) is 7.63. The molecule has 122 valence electrons. The minimum absolute atomic E-state index is 0.0899. The zero-order valence-corrected chi connectivity index (χ0v) is 14.2. The van der Waals surface area contributed by atoms with E-state index in [-0.39, 0.29) is 5.91 Å². The first kappa shape index (κ1) is 16.8. The van der Waals surface area contributed by atoms with E-state index in [4.69, 9.17) is 0 Å². The van der Waals surface area contributed by atoms with Crippen molar-refractivity contribution in [1.29, 1.82) is 0 Å². The maximum atomic E-state index is 11.7. The lowest BCUT2D eigenvalue weighted by atomic mass is 10.2. The zero-order valence-electron chi connectivity index (χ0n) is 14.2.